The van der Waals surface area contributed by atoms with Crippen LogP contribution < -0.4 is 0 Å². The molecule has 0 radical (unpaired) electrons. The third-order valence-electron chi connectivity index (χ3n) is 4.23. The van der Waals surface area contributed by atoms with Gasteiger partial charge in [0.15, 0.2) is 0 Å². The zero-order valence-electron chi connectivity index (χ0n) is 8.06. The predicted octanol–water partition coefficient (Wildman–Crippen LogP) is 3.47. The molecule has 2 aliphatic carbocycles. The van der Waals surface area contributed by atoms with Crippen LogP contribution in [-0.2, 0) is 0 Å². The summed E-state index contributed by atoms with van der Waals surface area (Å²) in [5.74, 6) is 3.10. The van der Waals surface area contributed by atoms with Crippen LogP contribution in [0.2, 0.25) is 0 Å². The zero-order chi connectivity index (χ0) is 8.06. The van der Waals surface area contributed by atoms with Crippen molar-refractivity contribution >= 4 is 0 Å². The van der Waals surface area contributed by atoms with Crippen LogP contribution in [0.1, 0.15) is 46.5 Å². The van der Waals surface area contributed by atoms with Gasteiger partial charge in [0.25, 0.3) is 0 Å². The minimum atomic E-state index is 0.761. The fourth-order valence-corrected chi connectivity index (χ4v) is 4.05. The number of fused-ring (bicyclic) bond motifs is 1. The molecule has 0 aromatic carbocycles. The van der Waals surface area contributed by atoms with E-state index in [9.17, 15) is 0 Å². The fourth-order valence-electron chi connectivity index (χ4n) is 4.05. The first-order valence-electron chi connectivity index (χ1n) is 5.13. The Balaban J connectivity index is 2.12. The molecule has 0 spiro atoms. The molecule has 11 heavy (non-hydrogen) atoms. The van der Waals surface area contributed by atoms with Crippen molar-refractivity contribution in [1.29, 1.82) is 0 Å². The molecule has 0 heterocycles. The van der Waals surface area contributed by atoms with Crippen LogP contribution in [0.5, 0.6) is 0 Å². The standard InChI is InChI=1S/C11H20/c1-8-5-4-6-11(3)7-9(2)10(8)11/h8-10H,4-7H2,1-3H3. The van der Waals surface area contributed by atoms with Gasteiger partial charge in [-0.3, -0.25) is 0 Å². The summed E-state index contributed by atoms with van der Waals surface area (Å²) in [6.07, 6.45) is 5.99. The van der Waals surface area contributed by atoms with Gasteiger partial charge in [0.2, 0.25) is 0 Å². The van der Waals surface area contributed by atoms with E-state index in [1.165, 1.54) is 25.7 Å². The Morgan fingerprint density at radius 3 is 2.36 bits per heavy atom. The lowest BCUT2D eigenvalue weighted by atomic mass is 9.47. The molecule has 0 aromatic heterocycles. The van der Waals surface area contributed by atoms with Crippen molar-refractivity contribution in [2.75, 3.05) is 0 Å². The van der Waals surface area contributed by atoms with Gasteiger partial charge >= 0.3 is 0 Å². The lowest BCUT2D eigenvalue weighted by Crippen LogP contribution is -2.50. The third kappa shape index (κ3) is 0.947. The molecular weight excluding hydrogens is 132 g/mol. The van der Waals surface area contributed by atoms with Gasteiger partial charge in [0.1, 0.15) is 0 Å². The molecule has 0 amide bonds. The number of hydrogen-bond acceptors (Lipinski definition) is 0. The summed E-state index contributed by atoms with van der Waals surface area (Å²) in [6.45, 7) is 7.40. The molecule has 0 heteroatoms. The Morgan fingerprint density at radius 1 is 1.18 bits per heavy atom. The average Bonchev–Trinajstić information content (AvgIpc) is 1.84. The van der Waals surface area contributed by atoms with Crippen LogP contribution in [0.25, 0.3) is 0 Å². The van der Waals surface area contributed by atoms with Gasteiger partial charge in [0, 0.05) is 0 Å². The third-order valence-corrected chi connectivity index (χ3v) is 4.23. The molecule has 0 aromatic rings. The first-order chi connectivity index (χ1) is 5.13. The van der Waals surface area contributed by atoms with Crippen LogP contribution in [0, 0.1) is 23.2 Å². The molecular formula is C11H20. The van der Waals surface area contributed by atoms with E-state index in [1.807, 2.05) is 0 Å². The maximum atomic E-state index is 2.51. The highest BCUT2D eigenvalue weighted by molar-refractivity contribution is 5.01. The van der Waals surface area contributed by atoms with Crippen molar-refractivity contribution in [2.45, 2.75) is 46.5 Å². The second kappa shape index (κ2) is 2.24. The molecule has 2 rings (SSSR count). The van der Waals surface area contributed by atoms with Crippen molar-refractivity contribution in [3.05, 3.63) is 0 Å². The summed E-state index contributed by atoms with van der Waals surface area (Å²) >= 11 is 0. The minimum Gasteiger partial charge on any atom is -0.0622 e. The highest BCUT2D eigenvalue weighted by Crippen LogP contribution is 2.60. The van der Waals surface area contributed by atoms with Gasteiger partial charge < -0.3 is 0 Å². The normalized spacial score (nSPS) is 56.5. The van der Waals surface area contributed by atoms with Crippen molar-refractivity contribution in [2.24, 2.45) is 23.2 Å². The van der Waals surface area contributed by atoms with E-state index in [0.717, 1.165) is 23.2 Å². The Labute approximate surface area is 70.4 Å². The molecule has 2 fully saturated rings. The van der Waals surface area contributed by atoms with Crippen LogP contribution in [0.15, 0.2) is 0 Å². The van der Waals surface area contributed by atoms with E-state index in [0.29, 0.717) is 0 Å². The van der Waals surface area contributed by atoms with E-state index in [-0.39, 0.29) is 0 Å². The molecule has 0 N–H and O–H groups in total. The minimum absolute atomic E-state index is 0.761. The molecule has 0 aliphatic heterocycles. The molecule has 0 nitrogen and oxygen atoms in total. The second-order valence-corrected chi connectivity index (χ2v) is 5.23. The van der Waals surface area contributed by atoms with Gasteiger partial charge in [-0.15, -0.1) is 0 Å². The summed E-state index contributed by atoms with van der Waals surface area (Å²) in [4.78, 5) is 0. The number of hydrogen-bond donors (Lipinski definition) is 0. The van der Waals surface area contributed by atoms with Gasteiger partial charge in [-0.1, -0.05) is 33.6 Å². The summed E-state index contributed by atoms with van der Waals surface area (Å²) in [5.41, 5.74) is 0.761. The summed E-state index contributed by atoms with van der Waals surface area (Å²) in [7, 11) is 0. The lowest BCUT2D eigenvalue weighted by molar-refractivity contribution is -0.0870. The molecule has 2 saturated carbocycles. The Kier molecular flexibility index (Phi) is 1.56. The molecule has 64 valence electrons. The van der Waals surface area contributed by atoms with Crippen LogP contribution in [0.3, 0.4) is 0 Å². The first kappa shape index (κ1) is 7.64. The van der Waals surface area contributed by atoms with E-state index >= 15 is 0 Å². The van der Waals surface area contributed by atoms with Crippen LogP contribution in [0.4, 0.5) is 0 Å². The molecule has 4 atom stereocenters. The number of rotatable bonds is 0. The van der Waals surface area contributed by atoms with E-state index in [4.69, 9.17) is 0 Å². The van der Waals surface area contributed by atoms with Gasteiger partial charge in [-0.25, -0.2) is 0 Å². The van der Waals surface area contributed by atoms with Crippen LogP contribution >= 0.6 is 0 Å². The van der Waals surface area contributed by atoms with Gasteiger partial charge in [0.05, 0.1) is 0 Å². The zero-order valence-corrected chi connectivity index (χ0v) is 8.06. The maximum absolute atomic E-state index is 2.51. The van der Waals surface area contributed by atoms with Crippen molar-refractivity contribution in [3.8, 4) is 0 Å². The lowest BCUT2D eigenvalue weighted by Gasteiger charge is -2.58. The Bertz CT molecular complexity index is 157. The summed E-state index contributed by atoms with van der Waals surface area (Å²) in [6, 6.07) is 0. The van der Waals surface area contributed by atoms with Crippen molar-refractivity contribution in [1.82, 2.24) is 0 Å². The predicted molar refractivity (Wildman–Crippen MR) is 48.4 cm³/mol. The molecule has 0 saturated heterocycles. The molecule has 0 bridgehead atoms. The Morgan fingerprint density at radius 2 is 1.91 bits per heavy atom. The van der Waals surface area contributed by atoms with Crippen molar-refractivity contribution in [3.63, 3.8) is 0 Å². The summed E-state index contributed by atoms with van der Waals surface area (Å²) in [5, 5.41) is 0. The maximum Gasteiger partial charge on any atom is -0.0290 e. The van der Waals surface area contributed by atoms with E-state index in [1.54, 1.807) is 0 Å². The van der Waals surface area contributed by atoms with Crippen LogP contribution in [-0.4, -0.2) is 0 Å². The first-order valence-corrected chi connectivity index (χ1v) is 5.13. The monoisotopic (exact) mass is 152 g/mol. The van der Waals surface area contributed by atoms with Gasteiger partial charge in [-0.05, 0) is 36.0 Å². The summed E-state index contributed by atoms with van der Waals surface area (Å²) < 4.78 is 0. The second-order valence-electron chi connectivity index (χ2n) is 5.23. The Hall–Kier alpha value is 0. The quantitative estimate of drug-likeness (QED) is 0.498. The van der Waals surface area contributed by atoms with Crippen molar-refractivity contribution < 1.29 is 0 Å². The van der Waals surface area contributed by atoms with E-state index in [2.05, 4.69) is 20.8 Å². The van der Waals surface area contributed by atoms with E-state index < -0.39 is 0 Å². The average molecular weight is 152 g/mol. The molecule has 2 aliphatic rings. The highest BCUT2D eigenvalue weighted by atomic mass is 14.6. The smallest absolute Gasteiger partial charge is 0.0290 e. The largest absolute Gasteiger partial charge is 0.0622 e. The fraction of sp³-hybridized carbons (Fsp3) is 1.00. The topological polar surface area (TPSA) is 0 Å². The highest BCUT2D eigenvalue weighted by Gasteiger charge is 2.51. The SMILES string of the molecule is CC1CCCC2(C)CC(C)C12. The molecule has 4 unspecified atom stereocenters. The van der Waals surface area contributed by atoms with Gasteiger partial charge in [-0.2, -0.15) is 0 Å².